The molecule has 7 heteroatoms. The van der Waals surface area contributed by atoms with E-state index < -0.39 is 17.7 Å². The third-order valence-corrected chi connectivity index (χ3v) is 6.22. The molecule has 1 atom stereocenters. The van der Waals surface area contributed by atoms with Crippen LogP contribution in [0.15, 0.2) is 72.3 Å². The topological polar surface area (TPSA) is 95.9 Å². The van der Waals surface area contributed by atoms with Gasteiger partial charge in [-0.15, -0.1) is 0 Å². The number of methoxy groups -OCH3 is 1. The Morgan fingerprint density at radius 1 is 1.03 bits per heavy atom. The summed E-state index contributed by atoms with van der Waals surface area (Å²) in [5.74, 6) is -1.65. The van der Waals surface area contributed by atoms with E-state index in [-0.39, 0.29) is 17.2 Å². The fraction of sp³-hybridized carbons (Fsp3) is 0.207. The molecule has 0 spiro atoms. The highest BCUT2D eigenvalue weighted by Crippen LogP contribution is 2.43. The van der Waals surface area contributed by atoms with E-state index in [9.17, 15) is 19.5 Å². The molecule has 0 radical (unpaired) electrons. The van der Waals surface area contributed by atoms with Crippen LogP contribution in [0.25, 0.3) is 5.76 Å². The first kappa shape index (κ1) is 24.7. The number of amides is 2. The zero-order valence-corrected chi connectivity index (χ0v) is 20.7. The van der Waals surface area contributed by atoms with Crippen molar-refractivity contribution in [3.63, 3.8) is 0 Å². The molecular weight excluding hydrogens is 456 g/mol. The molecule has 1 saturated heterocycles. The summed E-state index contributed by atoms with van der Waals surface area (Å²) < 4.78 is 5.43. The smallest absolute Gasteiger partial charge is 0.300 e. The maximum Gasteiger partial charge on any atom is 0.300 e. The molecule has 0 saturated carbocycles. The van der Waals surface area contributed by atoms with Gasteiger partial charge in [0.15, 0.2) is 0 Å². The minimum absolute atomic E-state index is 0.0147. The number of Topliss-reactive ketones (excluding diaryl/α,β-unsaturated/α-hetero) is 1. The van der Waals surface area contributed by atoms with Gasteiger partial charge in [-0.2, -0.15) is 0 Å². The van der Waals surface area contributed by atoms with Crippen molar-refractivity contribution in [3.8, 4) is 5.75 Å². The summed E-state index contributed by atoms with van der Waals surface area (Å²) in [7, 11) is 1.48. The van der Waals surface area contributed by atoms with E-state index in [2.05, 4.69) is 5.32 Å². The van der Waals surface area contributed by atoms with E-state index in [1.165, 1.54) is 18.9 Å². The van der Waals surface area contributed by atoms with Gasteiger partial charge in [-0.3, -0.25) is 19.3 Å². The Morgan fingerprint density at radius 3 is 2.28 bits per heavy atom. The van der Waals surface area contributed by atoms with E-state index in [4.69, 9.17) is 4.74 Å². The average molecular weight is 485 g/mol. The van der Waals surface area contributed by atoms with Crippen molar-refractivity contribution in [2.75, 3.05) is 17.3 Å². The number of aliphatic hydroxyl groups is 1. The summed E-state index contributed by atoms with van der Waals surface area (Å²) in [5.41, 5.74) is 4.01. The summed E-state index contributed by atoms with van der Waals surface area (Å²) in [4.78, 5) is 39.6. The lowest BCUT2D eigenvalue weighted by atomic mass is 9.93. The van der Waals surface area contributed by atoms with Crippen molar-refractivity contribution in [1.82, 2.24) is 0 Å². The second-order valence-corrected chi connectivity index (χ2v) is 8.70. The highest BCUT2D eigenvalue weighted by atomic mass is 16.5. The summed E-state index contributed by atoms with van der Waals surface area (Å²) in [6.45, 7) is 5.32. The van der Waals surface area contributed by atoms with Crippen molar-refractivity contribution in [2.24, 2.45) is 0 Å². The summed E-state index contributed by atoms with van der Waals surface area (Å²) in [6.07, 6.45) is 0.839. The van der Waals surface area contributed by atoms with Crippen LogP contribution in [0.4, 0.5) is 11.4 Å². The predicted octanol–water partition coefficient (Wildman–Crippen LogP) is 5.15. The number of aryl methyl sites for hydroxylation is 2. The largest absolute Gasteiger partial charge is 0.507 e. The predicted molar refractivity (Wildman–Crippen MR) is 139 cm³/mol. The molecule has 36 heavy (non-hydrogen) atoms. The number of ether oxygens (including phenoxy) is 1. The zero-order valence-electron chi connectivity index (χ0n) is 20.7. The lowest BCUT2D eigenvalue weighted by Crippen LogP contribution is -2.29. The number of nitrogens with one attached hydrogen (secondary N) is 1. The van der Waals surface area contributed by atoms with Crippen LogP contribution in [0.5, 0.6) is 5.75 Å². The van der Waals surface area contributed by atoms with E-state index in [0.29, 0.717) is 28.3 Å². The molecule has 4 rings (SSSR count). The number of carbonyl (C=O) groups is 3. The van der Waals surface area contributed by atoms with Crippen molar-refractivity contribution < 1.29 is 24.2 Å². The molecule has 0 bridgehead atoms. The second kappa shape index (κ2) is 10.1. The number of anilines is 2. The van der Waals surface area contributed by atoms with Gasteiger partial charge in [0.1, 0.15) is 11.5 Å². The lowest BCUT2D eigenvalue weighted by Gasteiger charge is -2.26. The number of aliphatic hydroxyl groups excluding tert-OH is 1. The van der Waals surface area contributed by atoms with Gasteiger partial charge < -0.3 is 15.2 Å². The van der Waals surface area contributed by atoms with Gasteiger partial charge in [-0.1, -0.05) is 42.8 Å². The lowest BCUT2D eigenvalue weighted by molar-refractivity contribution is -0.132. The molecule has 2 N–H and O–H groups in total. The number of rotatable bonds is 6. The van der Waals surface area contributed by atoms with Crippen LogP contribution in [0.1, 0.15) is 42.1 Å². The maximum atomic E-state index is 13.4. The molecular formula is C29H28N2O5. The van der Waals surface area contributed by atoms with Crippen molar-refractivity contribution >= 4 is 34.7 Å². The highest BCUT2D eigenvalue weighted by Gasteiger charge is 2.47. The molecule has 1 aliphatic rings. The first-order valence-corrected chi connectivity index (χ1v) is 11.7. The van der Waals surface area contributed by atoms with Crippen LogP contribution in [0.3, 0.4) is 0 Å². The molecule has 1 unspecified atom stereocenters. The Hall–Kier alpha value is -4.39. The minimum atomic E-state index is -0.854. The Morgan fingerprint density at radius 2 is 1.69 bits per heavy atom. The molecule has 3 aromatic carbocycles. The van der Waals surface area contributed by atoms with Crippen LogP contribution in [0.2, 0.25) is 0 Å². The van der Waals surface area contributed by atoms with Crippen LogP contribution < -0.4 is 15.0 Å². The van der Waals surface area contributed by atoms with Gasteiger partial charge in [0.25, 0.3) is 11.7 Å². The molecule has 1 aliphatic heterocycles. The molecule has 1 heterocycles. The minimum Gasteiger partial charge on any atom is -0.507 e. The van der Waals surface area contributed by atoms with Crippen LogP contribution in [0, 0.1) is 6.92 Å². The van der Waals surface area contributed by atoms with Gasteiger partial charge in [0, 0.05) is 18.3 Å². The van der Waals surface area contributed by atoms with Crippen LogP contribution in [-0.4, -0.2) is 29.8 Å². The van der Waals surface area contributed by atoms with Crippen LogP contribution >= 0.6 is 0 Å². The van der Waals surface area contributed by atoms with Crippen molar-refractivity contribution in [3.05, 3.63) is 94.6 Å². The number of carbonyl (C=O) groups excluding carboxylic acids is 3. The maximum absolute atomic E-state index is 13.4. The fourth-order valence-corrected chi connectivity index (χ4v) is 4.41. The Labute approximate surface area is 210 Å². The summed E-state index contributed by atoms with van der Waals surface area (Å²) in [6, 6.07) is 18.7. The number of benzene rings is 3. The molecule has 2 amide bonds. The average Bonchev–Trinajstić information content (AvgIpc) is 3.14. The monoisotopic (exact) mass is 484 g/mol. The number of ketones is 1. The number of nitrogens with zero attached hydrogens (tertiary/aromatic N) is 1. The highest BCUT2D eigenvalue weighted by molar-refractivity contribution is 6.51. The quantitative estimate of drug-likeness (QED) is 0.287. The Balaban J connectivity index is 1.91. The standard InChI is InChI=1S/C29H28N2O5/c1-5-19-7-9-20(10-8-19)26-25(27(33)23-16-17(2)6-15-24(23)36-4)28(34)29(35)31(26)22-13-11-21(12-14-22)30-18(3)32/h6-16,26,33H,5H2,1-4H3,(H,30,32)/b27-25+. The molecule has 7 nitrogen and oxygen atoms in total. The van der Waals surface area contributed by atoms with Crippen molar-refractivity contribution in [1.29, 1.82) is 0 Å². The molecule has 1 fully saturated rings. The normalized spacial score (nSPS) is 16.8. The van der Waals surface area contributed by atoms with E-state index in [0.717, 1.165) is 17.5 Å². The first-order chi connectivity index (χ1) is 17.2. The summed E-state index contributed by atoms with van der Waals surface area (Å²) >= 11 is 0. The third kappa shape index (κ3) is 4.60. The zero-order chi connectivity index (χ0) is 26.0. The van der Waals surface area contributed by atoms with Crippen LogP contribution in [-0.2, 0) is 20.8 Å². The van der Waals surface area contributed by atoms with E-state index >= 15 is 0 Å². The van der Waals surface area contributed by atoms with Gasteiger partial charge in [-0.25, -0.2) is 0 Å². The number of hydrogen-bond donors (Lipinski definition) is 2. The molecule has 0 aromatic heterocycles. The van der Waals surface area contributed by atoms with Crippen molar-refractivity contribution in [2.45, 2.75) is 33.2 Å². The van der Waals surface area contributed by atoms with E-state index in [1.807, 2.05) is 44.2 Å². The number of hydrogen-bond acceptors (Lipinski definition) is 5. The molecule has 3 aromatic rings. The fourth-order valence-electron chi connectivity index (χ4n) is 4.41. The first-order valence-electron chi connectivity index (χ1n) is 11.7. The molecule has 184 valence electrons. The second-order valence-electron chi connectivity index (χ2n) is 8.70. The Kier molecular flexibility index (Phi) is 6.92. The van der Waals surface area contributed by atoms with Gasteiger partial charge in [-0.05, 0) is 60.9 Å². The Bertz CT molecular complexity index is 1360. The van der Waals surface area contributed by atoms with E-state index in [1.54, 1.807) is 36.4 Å². The SMILES string of the molecule is CCc1ccc(C2/C(=C(\O)c3cc(C)ccc3OC)C(=O)C(=O)N2c2ccc(NC(C)=O)cc2)cc1. The molecule has 0 aliphatic carbocycles. The van der Waals surface area contributed by atoms with Gasteiger partial charge in [0.2, 0.25) is 5.91 Å². The van der Waals surface area contributed by atoms with Gasteiger partial charge in [0.05, 0.1) is 24.3 Å². The summed E-state index contributed by atoms with van der Waals surface area (Å²) in [5, 5.41) is 14.1. The van der Waals surface area contributed by atoms with Gasteiger partial charge >= 0.3 is 0 Å². The third-order valence-electron chi connectivity index (χ3n) is 6.22.